The molecule has 0 amide bonds. The number of sulfonamides is 1. The summed E-state index contributed by atoms with van der Waals surface area (Å²) in [6, 6.07) is 13.5. The maximum atomic E-state index is 12.7. The van der Waals surface area contributed by atoms with Crippen molar-refractivity contribution in [2.75, 3.05) is 6.61 Å². The van der Waals surface area contributed by atoms with Crippen LogP contribution in [0.1, 0.15) is 12.0 Å². The molecular formula is C19H19NO5S. The summed E-state index contributed by atoms with van der Waals surface area (Å²) in [5, 5.41) is 9.41. The second kappa shape index (κ2) is 9.04. The van der Waals surface area contributed by atoms with Crippen LogP contribution in [0.3, 0.4) is 0 Å². The Balaban J connectivity index is 2.23. The molecule has 2 aromatic carbocycles. The van der Waals surface area contributed by atoms with Gasteiger partial charge in [-0.05, 0) is 24.1 Å². The zero-order chi connectivity index (χ0) is 19.0. The maximum absolute atomic E-state index is 12.7. The monoisotopic (exact) mass is 373 g/mol. The van der Waals surface area contributed by atoms with Crippen LogP contribution in [0.5, 0.6) is 5.75 Å². The molecule has 0 saturated carbocycles. The van der Waals surface area contributed by atoms with Crippen LogP contribution >= 0.6 is 0 Å². The van der Waals surface area contributed by atoms with Gasteiger partial charge in [0.15, 0.2) is 0 Å². The van der Waals surface area contributed by atoms with Gasteiger partial charge in [0.1, 0.15) is 16.7 Å². The van der Waals surface area contributed by atoms with Crippen molar-refractivity contribution in [2.45, 2.75) is 23.8 Å². The van der Waals surface area contributed by atoms with Crippen LogP contribution in [-0.4, -0.2) is 32.1 Å². The van der Waals surface area contributed by atoms with Crippen LogP contribution < -0.4 is 9.46 Å². The van der Waals surface area contributed by atoms with Crippen molar-refractivity contribution in [3.8, 4) is 18.1 Å². The fourth-order valence-corrected chi connectivity index (χ4v) is 3.63. The highest BCUT2D eigenvalue weighted by Crippen LogP contribution is 2.24. The van der Waals surface area contributed by atoms with Gasteiger partial charge in [0.2, 0.25) is 10.0 Å². The van der Waals surface area contributed by atoms with Crippen molar-refractivity contribution >= 4 is 16.0 Å². The van der Waals surface area contributed by atoms with E-state index in [0.717, 1.165) is 0 Å². The number of carboxylic acid groups (broad SMARTS) is 1. The van der Waals surface area contributed by atoms with Crippen LogP contribution in [0.2, 0.25) is 0 Å². The van der Waals surface area contributed by atoms with Gasteiger partial charge < -0.3 is 9.84 Å². The minimum atomic E-state index is -4.10. The summed E-state index contributed by atoms with van der Waals surface area (Å²) in [7, 11) is -4.10. The number of benzene rings is 2. The first-order valence-corrected chi connectivity index (χ1v) is 9.36. The van der Waals surface area contributed by atoms with Crippen molar-refractivity contribution in [1.29, 1.82) is 0 Å². The number of ether oxygens (including phenoxy) is 1. The third kappa shape index (κ3) is 5.34. The van der Waals surface area contributed by atoms with E-state index in [1.807, 2.05) is 0 Å². The minimum Gasteiger partial charge on any atom is -0.491 e. The lowest BCUT2D eigenvalue weighted by molar-refractivity contribution is -0.138. The Kier molecular flexibility index (Phi) is 6.78. The van der Waals surface area contributed by atoms with Gasteiger partial charge in [-0.25, -0.2) is 8.42 Å². The molecule has 7 heteroatoms. The van der Waals surface area contributed by atoms with Gasteiger partial charge in [-0.2, -0.15) is 4.72 Å². The summed E-state index contributed by atoms with van der Waals surface area (Å²) >= 11 is 0. The fourth-order valence-electron chi connectivity index (χ4n) is 2.29. The lowest BCUT2D eigenvalue weighted by atomic mass is 10.1. The van der Waals surface area contributed by atoms with Crippen LogP contribution in [0.15, 0.2) is 59.5 Å². The third-order valence-corrected chi connectivity index (χ3v) is 5.03. The van der Waals surface area contributed by atoms with Crippen LogP contribution in [0.4, 0.5) is 0 Å². The molecule has 0 saturated heterocycles. The van der Waals surface area contributed by atoms with Crippen molar-refractivity contribution in [1.82, 2.24) is 4.72 Å². The van der Waals surface area contributed by atoms with Crippen LogP contribution in [0.25, 0.3) is 0 Å². The zero-order valence-electron chi connectivity index (χ0n) is 14.0. The van der Waals surface area contributed by atoms with E-state index in [9.17, 15) is 18.3 Å². The molecule has 1 atom stereocenters. The van der Waals surface area contributed by atoms with E-state index < -0.39 is 22.0 Å². The predicted octanol–water partition coefficient (Wildman–Crippen LogP) is 2.06. The van der Waals surface area contributed by atoms with E-state index in [4.69, 9.17) is 11.2 Å². The maximum Gasteiger partial charge on any atom is 0.322 e. The first kappa shape index (κ1) is 19.5. The summed E-state index contributed by atoms with van der Waals surface area (Å²) in [4.78, 5) is 11.4. The molecule has 0 aromatic heterocycles. The van der Waals surface area contributed by atoms with E-state index in [2.05, 4.69) is 10.6 Å². The quantitative estimate of drug-likeness (QED) is 0.518. The third-order valence-electron chi connectivity index (χ3n) is 3.52. The van der Waals surface area contributed by atoms with E-state index in [1.54, 1.807) is 36.4 Å². The Bertz CT molecular complexity index is 888. The first-order valence-electron chi connectivity index (χ1n) is 7.88. The van der Waals surface area contributed by atoms with Gasteiger partial charge in [-0.1, -0.05) is 42.5 Å². The normalized spacial score (nSPS) is 12.1. The number of rotatable bonds is 9. The van der Waals surface area contributed by atoms with Crippen LogP contribution in [-0.2, 0) is 21.2 Å². The number of terminal acetylenes is 1. The number of hydrogen-bond donors (Lipinski definition) is 2. The molecule has 0 bridgehead atoms. The Labute approximate surface area is 152 Å². The molecule has 0 aliphatic carbocycles. The van der Waals surface area contributed by atoms with Gasteiger partial charge in [-0.15, -0.1) is 12.3 Å². The van der Waals surface area contributed by atoms with Crippen molar-refractivity contribution in [2.24, 2.45) is 0 Å². The SMILES string of the molecule is C#CCCOc1ccccc1S(=O)(=O)N[C@H](Cc1ccccc1)C(=O)O. The second-order valence-corrected chi connectivity index (χ2v) is 7.13. The summed E-state index contributed by atoms with van der Waals surface area (Å²) in [5.74, 6) is 1.27. The number of hydrogen-bond acceptors (Lipinski definition) is 4. The highest BCUT2D eigenvalue weighted by atomic mass is 32.2. The van der Waals surface area contributed by atoms with E-state index in [-0.39, 0.29) is 23.7 Å². The topological polar surface area (TPSA) is 92.7 Å². The largest absolute Gasteiger partial charge is 0.491 e. The standard InChI is InChI=1S/C19H19NO5S/c1-2-3-13-25-17-11-7-8-12-18(17)26(23,24)20-16(19(21)22)14-15-9-5-4-6-10-15/h1,4-12,16,20H,3,13-14H2,(H,21,22)/t16-/m1/s1. The van der Waals surface area contributed by atoms with Crippen molar-refractivity contribution < 1.29 is 23.1 Å². The molecule has 26 heavy (non-hydrogen) atoms. The Morgan fingerprint density at radius 3 is 2.46 bits per heavy atom. The summed E-state index contributed by atoms with van der Waals surface area (Å²) in [6.45, 7) is 0.162. The van der Waals surface area contributed by atoms with Crippen molar-refractivity contribution in [3.05, 3.63) is 60.2 Å². The summed E-state index contributed by atoms with van der Waals surface area (Å²) < 4.78 is 33.0. The molecule has 6 nitrogen and oxygen atoms in total. The number of nitrogens with one attached hydrogen (secondary N) is 1. The smallest absolute Gasteiger partial charge is 0.322 e. The van der Waals surface area contributed by atoms with Gasteiger partial charge in [0, 0.05) is 6.42 Å². The van der Waals surface area contributed by atoms with Gasteiger partial charge >= 0.3 is 5.97 Å². The number of carbonyl (C=O) groups is 1. The lowest BCUT2D eigenvalue weighted by Crippen LogP contribution is -2.42. The molecule has 0 unspecified atom stereocenters. The average Bonchev–Trinajstić information content (AvgIpc) is 2.62. The summed E-state index contributed by atoms with van der Waals surface area (Å²) in [5.41, 5.74) is 0.709. The summed E-state index contributed by atoms with van der Waals surface area (Å²) in [6.07, 6.45) is 5.51. The van der Waals surface area contributed by atoms with E-state index >= 15 is 0 Å². The predicted molar refractivity (Wildman–Crippen MR) is 97.3 cm³/mol. The molecule has 2 rings (SSSR count). The van der Waals surface area contributed by atoms with Crippen molar-refractivity contribution in [3.63, 3.8) is 0 Å². The number of aliphatic carboxylic acids is 1. The molecule has 0 aliphatic heterocycles. The Hall–Kier alpha value is -2.82. The fraction of sp³-hybridized carbons (Fsp3) is 0.211. The van der Waals surface area contributed by atoms with Gasteiger partial charge in [0.25, 0.3) is 0 Å². The molecule has 2 aromatic rings. The lowest BCUT2D eigenvalue weighted by Gasteiger charge is -2.17. The second-order valence-electron chi connectivity index (χ2n) is 5.45. The van der Waals surface area contributed by atoms with Crippen LogP contribution in [0, 0.1) is 12.3 Å². The average molecular weight is 373 g/mol. The molecule has 0 heterocycles. The zero-order valence-corrected chi connectivity index (χ0v) is 14.8. The molecule has 2 N–H and O–H groups in total. The molecule has 136 valence electrons. The van der Waals surface area contributed by atoms with Gasteiger partial charge in [-0.3, -0.25) is 4.79 Å². The van der Waals surface area contributed by atoms with Gasteiger partial charge in [0.05, 0.1) is 6.61 Å². The molecule has 0 fully saturated rings. The molecule has 0 aliphatic rings. The molecule has 0 spiro atoms. The number of para-hydroxylation sites is 1. The van der Waals surface area contributed by atoms with E-state index in [0.29, 0.717) is 12.0 Å². The highest BCUT2D eigenvalue weighted by Gasteiger charge is 2.27. The molecular weight excluding hydrogens is 354 g/mol. The Morgan fingerprint density at radius 1 is 1.15 bits per heavy atom. The molecule has 0 radical (unpaired) electrons. The minimum absolute atomic E-state index is 0.0233. The highest BCUT2D eigenvalue weighted by molar-refractivity contribution is 7.89. The first-order chi connectivity index (χ1) is 12.4. The Morgan fingerprint density at radius 2 is 1.81 bits per heavy atom. The van der Waals surface area contributed by atoms with E-state index in [1.165, 1.54) is 18.2 Å². The number of carboxylic acids is 1.